The molecule has 0 bridgehead atoms. The van der Waals surface area contributed by atoms with E-state index in [4.69, 9.17) is 4.74 Å². The Kier molecular flexibility index (Phi) is 6.61. The lowest BCUT2D eigenvalue weighted by molar-refractivity contribution is -0.138. The summed E-state index contributed by atoms with van der Waals surface area (Å²) in [6.45, 7) is 2.15. The SMILES string of the molecule is O=C1NCCOCCCN(C(=O)Cc2cccc(F)c2)[C@H]2CCCC[C@@H]12. The lowest BCUT2D eigenvalue weighted by atomic mass is 9.82. The number of rotatable bonds is 2. The molecule has 1 N–H and O–H groups in total. The van der Waals surface area contributed by atoms with Crippen LogP contribution >= 0.6 is 0 Å². The van der Waals surface area contributed by atoms with E-state index in [0.717, 1.165) is 32.1 Å². The Morgan fingerprint density at radius 1 is 1.23 bits per heavy atom. The summed E-state index contributed by atoms with van der Waals surface area (Å²) in [7, 11) is 0. The molecule has 1 aliphatic carbocycles. The average molecular weight is 362 g/mol. The molecule has 2 aliphatic rings. The van der Waals surface area contributed by atoms with Crippen LogP contribution in [0.15, 0.2) is 24.3 Å². The first-order chi connectivity index (χ1) is 12.6. The Labute approximate surface area is 153 Å². The van der Waals surface area contributed by atoms with Gasteiger partial charge in [-0.15, -0.1) is 0 Å². The Hall–Kier alpha value is -1.95. The molecule has 5 nitrogen and oxygen atoms in total. The summed E-state index contributed by atoms with van der Waals surface area (Å²) in [5.74, 6) is -0.530. The van der Waals surface area contributed by atoms with Gasteiger partial charge < -0.3 is 15.0 Å². The number of carbonyl (C=O) groups excluding carboxylic acids is 2. The second-order valence-corrected chi connectivity index (χ2v) is 7.11. The molecule has 1 saturated carbocycles. The van der Waals surface area contributed by atoms with Crippen molar-refractivity contribution in [1.82, 2.24) is 10.2 Å². The second kappa shape index (κ2) is 9.12. The van der Waals surface area contributed by atoms with Gasteiger partial charge in [-0.1, -0.05) is 25.0 Å². The van der Waals surface area contributed by atoms with Crippen molar-refractivity contribution in [3.63, 3.8) is 0 Å². The molecule has 2 atom stereocenters. The highest BCUT2D eigenvalue weighted by Gasteiger charge is 2.36. The molecule has 1 aromatic carbocycles. The average Bonchev–Trinajstić information content (AvgIpc) is 2.66. The van der Waals surface area contributed by atoms with E-state index in [2.05, 4.69) is 5.32 Å². The number of nitrogens with one attached hydrogen (secondary N) is 1. The van der Waals surface area contributed by atoms with E-state index in [9.17, 15) is 14.0 Å². The zero-order valence-corrected chi connectivity index (χ0v) is 15.1. The number of ether oxygens (including phenoxy) is 1. The molecule has 26 heavy (non-hydrogen) atoms. The number of halogens is 1. The second-order valence-electron chi connectivity index (χ2n) is 7.11. The van der Waals surface area contributed by atoms with Crippen LogP contribution in [0.4, 0.5) is 4.39 Å². The number of nitrogens with zero attached hydrogens (tertiary/aromatic N) is 1. The maximum atomic E-state index is 13.4. The molecule has 0 radical (unpaired) electrons. The molecule has 0 unspecified atom stereocenters. The van der Waals surface area contributed by atoms with Crippen LogP contribution in [0.3, 0.4) is 0 Å². The van der Waals surface area contributed by atoms with Gasteiger partial charge in [-0.25, -0.2) is 4.39 Å². The van der Waals surface area contributed by atoms with E-state index in [1.807, 2.05) is 4.90 Å². The first-order valence-corrected chi connectivity index (χ1v) is 9.54. The van der Waals surface area contributed by atoms with Gasteiger partial charge in [-0.05, 0) is 37.0 Å². The highest BCUT2D eigenvalue weighted by Crippen LogP contribution is 2.30. The molecule has 0 aromatic heterocycles. The predicted molar refractivity (Wildman–Crippen MR) is 96.0 cm³/mol. The quantitative estimate of drug-likeness (QED) is 0.878. The van der Waals surface area contributed by atoms with Crippen molar-refractivity contribution in [1.29, 1.82) is 0 Å². The van der Waals surface area contributed by atoms with Crippen LogP contribution in [-0.4, -0.2) is 49.1 Å². The van der Waals surface area contributed by atoms with Gasteiger partial charge in [0, 0.05) is 25.7 Å². The molecule has 2 amide bonds. The highest BCUT2D eigenvalue weighted by atomic mass is 19.1. The van der Waals surface area contributed by atoms with Crippen molar-refractivity contribution in [2.45, 2.75) is 44.6 Å². The van der Waals surface area contributed by atoms with Crippen LogP contribution in [0.1, 0.15) is 37.7 Å². The Morgan fingerprint density at radius 3 is 2.92 bits per heavy atom. The normalized spacial score (nSPS) is 25.0. The Morgan fingerprint density at radius 2 is 2.08 bits per heavy atom. The van der Waals surface area contributed by atoms with E-state index >= 15 is 0 Å². The zero-order valence-electron chi connectivity index (χ0n) is 15.1. The summed E-state index contributed by atoms with van der Waals surface area (Å²) in [5, 5.41) is 2.94. The van der Waals surface area contributed by atoms with Crippen molar-refractivity contribution in [3.8, 4) is 0 Å². The molecule has 1 saturated heterocycles. The maximum Gasteiger partial charge on any atom is 0.227 e. The van der Waals surface area contributed by atoms with E-state index < -0.39 is 0 Å². The molecule has 142 valence electrons. The van der Waals surface area contributed by atoms with Gasteiger partial charge in [0.15, 0.2) is 0 Å². The molecule has 6 heteroatoms. The van der Waals surface area contributed by atoms with Crippen molar-refractivity contribution in [3.05, 3.63) is 35.6 Å². The van der Waals surface area contributed by atoms with Gasteiger partial charge in [-0.2, -0.15) is 0 Å². The topological polar surface area (TPSA) is 58.6 Å². The summed E-state index contributed by atoms with van der Waals surface area (Å²) in [6, 6.07) is 6.08. The summed E-state index contributed by atoms with van der Waals surface area (Å²) in [4.78, 5) is 27.5. The molecule has 2 fully saturated rings. The van der Waals surface area contributed by atoms with Crippen molar-refractivity contribution < 1.29 is 18.7 Å². The molecule has 1 aliphatic heterocycles. The fourth-order valence-corrected chi connectivity index (χ4v) is 4.01. The lowest BCUT2D eigenvalue weighted by Crippen LogP contribution is -2.51. The third kappa shape index (κ3) is 4.81. The van der Waals surface area contributed by atoms with Gasteiger partial charge >= 0.3 is 0 Å². The number of hydrogen-bond acceptors (Lipinski definition) is 3. The van der Waals surface area contributed by atoms with Gasteiger partial charge in [-0.3, -0.25) is 9.59 Å². The Balaban J connectivity index is 1.79. The highest BCUT2D eigenvalue weighted by molar-refractivity contribution is 5.82. The van der Waals surface area contributed by atoms with Crippen molar-refractivity contribution >= 4 is 11.8 Å². The van der Waals surface area contributed by atoms with Gasteiger partial charge in [0.1, 0.15) is 5.82 Å². The van der Waals surface area contributed by atoms with E-state index in [1.54, 1.807) is 12.1 Å². The lowest BCUT2D eigenvalue weighted by Gasteiger charge is -2.39. The molecular formula is C20H27FN2O3. The first kappa shape index (κ1) is 18.8. The largest absolute Gasteiger partial charge is 0.380 e. The minimum absolute atomic E-state index is 0.0174. The fourth-order valence-electron chi connectivity index (χ4n) is 4.01. The minimum atomic E-state index is -0.337. The van der Waals surface area contributed by atoms with Gasteiger partial charge in [0.2, 0.25) is 11.8 Å². The number of benzene rings is 1. The van der Waals surface area contributed by atoms with Crippen LogP contribution in [0.25, 0.3) is 0 Å². The minimum Gasteiger partial charge on any atom is -0.380 e. The Bertz CT molecular complexity index is 637. The van der Waals surface area contributed by atoms with Crippen LogP contribution in [0.5, 0.6) is 0 Å². The van der Waals surface area contributed by atoms with Crippen molar-refractivity contribution in [2.24, 2.45) is 5.92 Å². The van der Waals surface area contributed by atoms with Gasteiger partial charge in [0.05, 0.1) is 18.9 Å². The first-order valence-electron chi connectivity index (χ1n) is 9.54. The molecule has 1 heterocycles. The van der Waals surface area contributed by atoms with Crippen LogP contribution in [0, 0.1) is 11.7 Å². The zero-order chi connectivity index (χ0) is 18.4. The summed E-state index contributed by atoms with van der Waals surface area (Å²) in [5.41, 5.74) is 0.664. The predicted octanol–water partition coefficient (Wildman–Crippen LogP) is 2.29. The maximum absolute atomic E-state index is 13.4. The van der Waals surface area contributed by atoms with Crippen molar-refractivity contribution in [2.75, 3.05) is 26.3 Å². The number of hydrogen-bond donors (Lipinski definition) is 1. The van der Waals surface area contributed by atoms with Crippen LogP contribution in [0.2, 0.25) is 0 Å². The summed E-state index contributed by atoms with van der Waals surface area (Å²) >= 11 is 0. The molecule has 1 aromatic rings. The number of carbonyl (C=O) groups is 2. The third-order valence-electron chi connectivity index (χ3n) is 5.26. The monoisotopic (exact) mass is 362 g/mol. The van der Waals surface area contributed by atoms with Gasteiger partial charge in [0.25, 0.3) is 0 Å². The smallest absolute Gasteiger partial charge is 0.227 e. The molecule has 0 spiro atoms. The van der Waals surface area contributed by atoms with E-state index in [1.165, 1.54) is 12.1 Å². The number of amides is 2. The standard InChI is InChI=1S/C20H27FN2O3/c21-16-6-3-5-15(13-16)14-19(24)23-10-4-11-26-12-9-22-20(25)17-7-1-2-8-18(17)23/h3,5-6,13,17-18H,1-2,4,7-12,14H2,(H,22,25)/t17-,18+/m1/s1. The van der Waals surface area contributed by atoms with E-state index in [0.29, 0.717) is 31.9 Å². The van der Waals surface area contributed by atoms with Crippen LogP contribution in [-0.2, 0) is 20.7 Å². The van der Waals surface area contributed by atoms with E-state index in [-0.39, 0.29) is 36.0 Å². The number of fused-ring (bicyclic) bond motifs is 1. The summed E-state index contributed by atoms with van der Waals surface area (Å²) < 4.78 is 19.0. The summed E-state index contributed by atoms with van der Waals surface area (Å²) in [6.07, 6.45) is 4.58. The third-order valence-corrected chi connectivity index (χ3v) is 5.26. The molecule has 3 rings (SSSR count). The molecular weight excluding hydrogens is 335 g/mol. The van der Waals surface area contributed by atoms with Crippen LogP contribution < -0.4 is 5.32 Å². The fraction of sp³-hybridized carbons (Fsp3) is 0.600.